The van der Waals surface area contributed by atoms with E-state index in [4.69, 9.17) is 16.3 Å². The summed E-state index contributed by atoms with van der Waals surface area (Å²) in [6, 6.07) is 3.63. The molecule has 0 spiro atoms. The van der Waals surface area contributed by atoms with Crippen molar-refractivity contribution in [2.75, 3.05) is 0 Å². The van der Waals surface area contributed by atoms with Crippen LogP contribution in [0.5, 0.6) is 0 Å². The van der Waals surface area contributed by atoms with Crippen LogP contribution in [0.4, 0.5) is 4.79 Å². The van der Waals surface area contributed by atoms with Gasteiger partial charge in [-0.05, 0) is 57.2 Å². The summed E-state index contributed by atoms with van der Waals surface area (Å²) in [7, 11) is 0. The number of alkyl carbamates (subject to hydrolysis) is 1. The molecule has 19 heavy (non-hydrogen) atoms. The van der Waals surface area contributed by atoms with Crippen LogP contribution in [0.1, 0.15) is 45.2 Å². The van der Waals surface area contributed by atoms with Crippen molar-refractivity contribution in [1.29, 1.82) is 0 Å². The van der Waals surface area contributed by atoms with Crippen LogP contribution in [0.3, 0.4) is 0 Å². The number of ether oxygens (including phenoxy) is 1. The topological polar surface area (TPSA) is 51.2 Å². The van der Waals surface area contributed by atoms with E-state index in [-0.39, 0.29) is 6.04 Å². The number of pyridine rings is 1. The average molecular weight is 283 g/mol. The van der Waals surface area contributed by atoms with E-state index in [2.05, 4.69) is 10.3 Å². The highest BCUT2D eigenvalue weighted by Gasteiger charge is 2.34. The molecule has 1 aliphatic rings. The molecule has 1 atom stereocenters. The van der Waals surface area contributed by atoms with Crippen LogP contribution < -0.4 is 5.32 Å². The summed E-state index contributed by atoms with van der Waals surface area (Å²) < 4.78 is 5.30. The number of rotatable bonds is 3. The van der Waals surface area contributed by atoms with Crippen molar-refractivity contribution < 1.29 is 9.53 Å². The normalized spacial score (nSPS) is 16.8. The van der Waals surface area contributed by atoms with E-state index in [0.717, 1.165) is 18.4 Å². The number of amides is 1. The smallest absolute Gasteiger partial charge is 0.408 e. The molecular weight excluding hydrogens is 264 g/mol. The molecule has 0 radical (unpaired) electrons. The molecule has 4 nitrogen and oxygen atoms in total. The van der Waals surface area contributed by atoms with Crippen LogP contribution in [-0.4, -0.2) is 16.7 Å². The maximum atomic E-state index is 11.9. The van der Waals surface area contributed by atoms with Gasteiger partial charge in [0.2, 0.25) is 0 Å². The Kier molecular flexibility index (Phi) is 3.99. The zero-order valence-electron chi connectivity index (χ0n) is 11.4. The van der Waals surface area contributed by atoms with Gasteiger partial charge in [0.25, 0.3) is 0 Å². The Morgan fingerprint density at radius 1 is 1.53 bits per heavy atom. The predicted molar refractivity (Wildman–Crippen MR) is 74.1 cm³/mol. The molecule has 0 bridgehead atoms. The third kappa shape index (κ3) is 4.39. The molecule has 2 rings (SSSR count). The zero-order valence-corrected chi connectivity index (χ0v) is 12.2. The molecule has 1 heterocycles. The molecule has 0 aliphatic heterocycles. The third-order valence-electron chi connectivity index (χ3n) is 2.88. The SMILES string of the molecule is CC(C)(C)OC(=O)NC(c1ccnc(Cl)c1)C1CC1. The van der Waals surface area contributed by atoms with Gasteiger partial charge in [0.1, 0.15) is 10.8 Å². The molecule has 0 aromatic carbocycles. The summed E-state index contributed by atoms with van der Waals surface area (Å²) in [6.45, 7) is 5.55. The Morgan fingerprint density at radius 3 is 2.74 bits per heavy atom. The monoisotopic (exact) mass is 282 g/mol. The summed E-state index contributed by atoms with van der Waals surface area (Å²) >= 11 is 5.90. The summed E-state index contributed by atoms with van der Waals surface area (Å²) in [6.07, 6.45) is 3.49. The first-order valence-corrected chi connectivity index (χ1v) is 6.84. The van der Waals surface area contributed by atoms with Crippen LogP contribution >= 0.6 is 11.6 Å². The first-order chi connectivity index (χ1) is 8.85. The van der Waals surface area contributed by atoms with Crippen molar-refractivity contribution >= 4 is 17.7 Å². The molecule has 1 saturated carbocycles. The summed E-state index contributed by atoms with van der Waals surface area (Å²) in [5, 5.41) is 3.37. The Balaban J connectivity index is 2.07. The molecule has 1 fully saturated rings. The molecule has 1 aromatic rings. The minimum atomic E-state index is -0.492. The minimum Gasteiger partial charge on any atom is -0.444 e. The van der Waals surface area contributed by atoms with Gasteiger partial charge in [-0.15, -0.1) is 0 Å². The fraction of sp³-hybridized carbons (Fsp3) is 0.571. The maximum Gasteiger partial charge on any atom is 0.408 e. The molecule has 1 N–H and O–H groups in total. The number of hydrogen-bond acceptors (Lipinski definition) is 3. The van der Waals surface area contributed by atoms with Gasteiger partial charge < -0.3 is 10.1 Å². The van der Waals surface area contributed by atoms with Gasteiger partial charge >= 0.3 is 6.09 Å². The molecule has 1 unspecified atom stereocenters. The van der Waals surface area contributed by atoms with Gasteiger partial charge in [-0.25, -0.2) is 9.78 Å². The Labute approximate surface area is 118 Å². The first-order valence-electron chi connectivity index (χ1n) is 6.46. The molecule has 104 valence electrons. The highest BCUT2D eigenvalue weighted by Crippen LogP contribution is 2.41. The number of aromatic nitrogens is 1. The highest BCUT2D eigenvalue weighted by atomic mass is 35.5. The van der Waals surface area contributed by atoms with Gasteiger partial charge in [-0.1, -0.05) is 11.6 Å². The lowest BCUT2D eigenvalue weighted by atomic mass is 10.0. The quantitative estimate of drug-likeness (QED) is 0.860. The van der Waals surface area contributed by atoms with E-state index in [1.54, 1.807) is 12.3 Å². The van der Waals surface area contributed by atoms with Crippen molar-refractivity contribution in [2.24, 2.45) is 5.92 Å². The van der Waals surface area contributed by atoms with E-state index in [9.17, 15) is 4.79 Å². The third-order valence-corrected chi connectivity index (χ3v) is 3.08. The highest BCUT2D eigenvalue weighted by molar-refractivity contribution is 6.29. The predicted octanol–water partition coefficient (Wildman–Crippen LogP) is 3.71. The molecule has 5 heteroatoms. The fourth-order valence-corrected chi connectivity index (χ4v) is 2.13. The number of nitrogens with one attached hydrogen (secondary N) is 1. The van der Waals surface area contributed by atoms with Crippen molar-refractivity contribution in [3.63, 3.8) is 0 Å². The van der Waals surface area contributed by atoms with Gasteiger partial charge in [0.15, 0.2) is 0 Å². The number of nitrogens with zero attached hydrogens (tertiary/aromatic N) is 1. The lowest BCUT2D eigenvalue weighted by Gasteiger charge is -2.24. The molecule has 1 aliphatic carbocycles. The Hall–Kier alpha value is -1.29. The van der Waals surface area contributed by atoms with Gasteiger partial charge in [-0.2, -0.15) is 0 Å². The number of carbonyl (C=O) groups excluding carboxylic acids is 1. The van der Waals surface area contributed by atoms with E-state index in [1.807, 2.05) is 26.8 Å². The summed E-state index contributed by atoms with van der Waals surface area (Å²) in [4.78, 5) is 15.8. The van der Waals surface area contributed by atoms with Crippen molar-refractivity contribution in [3.8, 4) is 0 Å². The van der Waals surface area contributed by atoms with Crippen LogP contribution in [0.15, 0.2) is 18.3 Å². The molecule has 1 aromatic heterocycles. The minimum absolute atomic E-state index is 0.0460. The largest absolute Gasteiger partial charge is 0.444 e. The zero-order chi connectivity index (χ0) is 14.0. The van der Waals surface area contributed by atoms with Gasteiger partial charge in [-0.3, -0.25) is 0 Å². The van der Waals surface area contributed by atoms with Crippen LogP contribution in [-0.2, 0) is 4.74 Å². The number of hydrogen-bond donors (Lipinski definition) is 1. The van der Waals surface area contributed by atoms with E-state index in [1.165, 1.54) is 0 Å². The Morgan fingerprint density at radius 2 is 2.21 bits per heavy atom. The second kappa shape index (κ2) is 5.37. The second-order valence-corrected chi connectivity index (χ2v) is 6.26. The van der Waals surface area contributed by atoms with Crippen molar-refractivity contribution in [3.05, 3.63) is 29.0 Å². The standard InChI is InChI=1S/C14H19ClN2O2/c1-14(2,3)19-13(18)17-12(9-4-5-9)10-6-7-16-11(15)8-10/h6-9,12H,4-5H2,1-3H3,(H,17,18). The van der Waals surface area contributed by atoms with Gasteiger partial charge in [0, 0.05) is 6.20 Å². The number of halogens is 1. The fourth-order valence-electron chi connectivity index (χ4n) is 1.95. The number of carbonyl (C=O) groups is 1. The van der Waals surface area contributed by atoms with E-state index in [0.29, 0.717) is 11.1 Å². The van der Waals surface area contributed by atoms with Gasteiger partial charge in [0.05, 0.1) is 6.04 Å². The summed E-state index contributed by atoms with van der Waals surface area (Å²) in [5.74, 6) is 0.464. The summed E-state index contributed by atoms with van der Waals surface area (Å²) in [5.41, 5.74) is 0.488. The van der Waals surface area contributed by atoms with Crippen LogP contribution in [0, 0.1) is 5.92 Å². The lowest BCUT2D eigenvalue weighted by Crippen LogP contribution is -2.35. The second-order valence-electron chi connectivity index (χ2n) is 5.87. The Bertz CT molecular complexity index is 467. The van der Waals surface area contributed by atoms with Crippen molar-refractivity contribution in [1.82, 2.24) is 10.3 Å². The molecule has 1 amide bonds. The molecular formula is C14H19ClN2O2. The first kappa shape index (κ1) is 14.1. The average Bonchev–Trinajstić information content (AvgIpc) is 3.07. The maximum absolute atomic E-state index is 11.9. The van der Waals surface area contributed by atoms with E-state index < -0.39 is 11.7 Å². The van der Waals surface area contributed by atoms with E-state index >= 15 is 0 Å². The van der Waals surface area contributed by atoms with Crippen LogP contribution in [0.25, 0.3) is 0 Å². The van der Waals surface area contributed by atoms with Crippen molar-refractivity contribution in [2.45, 2.75) is 45.3 Å². The molecule has 0 saturated heterocycles. The van der Waals surface area contributed by atoms with Crippen LogP contribution in [0.2, 0.25) is 5.15 Å². The lowest BCUT2D eigenvalue weighted by molar-refractivity contribution is 0.0497.